The van der Waals surface area contributed by atoms with E-state index < -0.39 is 82.5 Å². The molecule has 0 spiro atoms. The van der Waals surface area contributed by atoms with Gasteiger partial charge in [0.2, 0.25) is 0 Å². The summed E-state index contributed by atoms with van der Waals surface area (Å²) in [5, 5.41) is 10.3. The summed E-state index contributed by atoms with van der Waals surface area (Å²) in [4.78, 5) is 74.2. The van der Waals surface area contributed by atoms with Crippen LogP contribution in [0.25, 0.3) is 16.9 Å². The van der Waals surface area contributed by atoms with Gasteiger partial charge in [-0.3, -0.25) is 14.4 Å². The zero-order valence-corrected chi connectivity index (χ0v) is 23.5. The minimum absolute atomic E-state index is 0.0936. The SMILES string of the molecule is CCOC(=O)C(=O)C1(C(=O)C(=O)OCC)C(n2nnc3cccnc32)=C(C(=O)Nc2ccc(F)c(F)c2)N2C[C@H](F)[C@H](C)C21. The van der Waals surface area contributed by atoms with Crippen LogP contribution >= 0.6 is 0 Å². The molecule has 5 rings (SSSR count). The van der Waals surface area contributed by atoms with Gasteiger partial charge in [0.1, 0.15) is 17.4 Å². The number of carbonyl (C=O) groups excluding carboxylic acids is 5. The van der Waals surface area contributed by atoms with E-state index in [1.165, 1.54) is 39.1 Å². The second-order valence-corrected chi connectivity index (χ2v) is 10.0. The summed E-state index contributed by atoms with van der Waals surface area (Å²) in [6, 6.07) is 3.82. The molecule has 3 aromatic rings. The first kappa shape index (κ1) is 30.3. The molecule has 1 fully saturated rings. The quantitative estimate of drug-likeness (QED) is 0.213. The number of benzene rings is 1. The number of nitrogens with zero attached hydrogens (tertiary/aromatic N) is 5. The van der Waals surface area contributed by atoms with Gasteiger partial charge in [-0.15, -0.1) is 5.10 Å². The van der Waals surface area contributed by atoms with Gasteiger partial charge in [-0.25, -0.2) is 27.7 Å². The fraction of sp³-hybridized carbons (Fsp3) is 0.357. The molecule has 3 atom stereocenters. The molecule has 0 aliphatic carbocycles. The molecule has 1 saturated heterocycles. The molecule has 0 radical (unpaired) electrons. The van der Waals surface area contributed by atoms with E-state index in [4.69, 9.17) is 9.47 Å². The zero-order valence-electron chi connectivity index (χ0n) is 23.5. The van der Waals surface area contributed by atoms with Crippen LogP contribution in [0.1, 0.15) is 20.8 Å². The molecule has 2 aromatic heterocycles. The third kappa shape index (κ3) is 4.57. The van der Waals surface area contributed by atoms with Gasteiger partial charge >= 0.3 is 11.9 Å². The monoisotopic (exact) mass is 614 g/mol. The van der Waals surface area contributed by atoms with Crippen molar-refractivity contribution in [1.29, 1.82) is 0 Å². The number of ketones is 2. The fourth-order valence-electron chi connectivity index (χ4n) is 5.76. The van der Waals surface area contributed by atoms with Crippen LogP contribution in [-0.4, -0.2) is 86.3 Å². The second kappa shape index (κ2) is 11.5. The van der Waals surface area contributed by atoms with Gasteiger partial charge in [0.05, 0.1) is 31.5 Å². The molecule has 230 valence electrons. The molecule has 0 saturated carbocycles. The summed E-state index contributed by atoms with van der Waals surface area (Å²) in [5.74, 6) is -11.1. The number of halogens is 3. The highest BCUT2D eigenvalue weighted by Gasteiger charge is 2.72. The number of amides is 1. The van der Waals surface area contributed by atoms with E-state index >= 15 is 4.39 Å². The smallest absolute Gasteiger partial charge is 0.376 e. The van der Waals surface area contributed by atoms with Crippen LogP contribution < -0.4 is 5.32 Å². The largest absolute Gasteiger partial charge is 0.460 e. The molecular formula is C28H25F3N6O7. The summed E-state index contributed by atoms with van der Waals surface area (Å²) in [5.41, 5.74) is -4.36. The second-order valence-electron chi connectivity index (χ2n) is 10.0. The lowest BCUT2D eigenvalue weighted by atomic mass is 9.67. The van der Waals surface area contributed by atoms with Crippen molar-refractivity contribution >= 4 is 52.0 Å². The maximum absolute atomic E-state index is 15.5. The van der Waals surface area contributed by atoms with E-state index in [2.05, 4.69) is 20.6 Å². The first-order valence-corrected chi connectivity index (χ1v) is 13.5. The van der Waals surface area contributed by atoms with E-state index in [0.717, 1.165) is 21.7 Å². The van der Waals surface area contributed by atoms with Crippen molar-refractivity contribution < 1.29 is 46.6 Å². The number of alkyl halides is 1. The lowest BCUT2D eigenvalue weighted by molar-refractivity contribution is -0.166. The Hall–Kier alpha value is -5.15. The first-order valence-electron chi connectivity index (χ1n) is 13.5. The average molecular weight is 615 g/mol. The normalized spacial score (nSPS) is 20.4. The van der Waals surface area contributed by atoms with Crippen molar-refractivity contribution in [2.24, 2.45) is 11.3 Å². The molecule has 2 aliphatic rings. The van der Waals surface area contributed by atoms with E-state index in [9.17, 15) is 32.8 Å². The molecule has 1 N–H and O–H groups in total. The predicted molar refractivity (Wildman–Crippen MR) is 144 cm³/mol. The molecule has 1 amide bonds. The highest BCUT2D eigenvalue weighted by atomic mass is 19.2. The van der Waals surface area contributed by atoms with Gasteiger partial charge in [-0.2, -0.15) is 4.68 Å². The Bertz CT molecular complexity index is 1710. The number of carbonyl (C=O) groups is 5. The molecule has 1 aromatic carbocycles. The lowest BCUT2D eigenvalue weighted by Gasteiger charge is -2.35. The van der Waals surface area contributed by atoms with Crippen LogP contribution in [-0.2, 0) is 33.4 Å². The predicted octanol–water partition coefficient (Wildman–Crippen LogP) is 1.83. The fourth-order valence-corrected chi connectivity index (χ4v) is 5.76. The van der Waals surface area contributed by atoms with E-state index in [-0.39, 0.29) is 30.1 Å². The summed E-state index contributed by atoms with van der Waals surface area (Å²) in [7, 11) is 0. The third-order valence-electron chi connectivity index (χ3n) is 7.56. The van der Waals surface area contributed by atoms with Crippen molar-refractivity contribution in [1.82, 2.24) is 24.9 Å². The molecule has 44 heavy (non-hydrogen) atoms. The van der Waals surface area contributed by atoms with Gasteiger partial charge in [-0.1, -0.05) is 12.1 Å². The number of hydrogen-bond donors (Lipinski definition) is 1. The summed E-state index contributed by atoms with van der Waals surface area (Å²) in [6.07, 6.45) is -0.440. The van der Waals surface area contributed by atoms with Crippen LogP contribution in [0.4, 0.5) is 18.9 Å². The Morgan fingerprint density at radius 1 is 1.02 bits per heavy atom. The Balaban J connectivity index is 1.88. The van der Waals surface area contributed by atoms with E-state index in [0.29, 0.717) is 6.07 Å². The van der Waals surface area contributed by atoms with E-state index in [1.54, 1.807) is 0 Å². The number of rotatable bonds is 9. The standard InChI is InChI=1S/C28H25F3N6O7/c1-4-43-26(41)22(38)28(23(39)27(42)44-5-2)20-13(3)17(31)12-36(20)19(25(40)33-14-8-9-15(29)16(30)11-14)21(28)37-24-18(34-35-37)7-6-10-32-24/h6-11,13,17,20H,4-5,12H2,1-3H3,(H,33,40)/t13-,17-,20?/m0/s1. The van der Waals surface area contributed by atoms with Crippen molar-refractivity contribution in [3.8, 4) is 0 Å². The molecular weight excluding hydrogens is 589 g/mol. The zero-order chi connectivity index (χ0) is 31.9. The molecule has 13 nitrogen and oxygen atoms in total. The highest BCUT2D eigenvalue weighted by Crippen LogP contribution is 2.55. The number of esters is 2. The van der Waals surface area contributed by atoms with Crippen molar-refractivity contribution in [2.45, 2.75) is 33.0 Å². The third-order valence-corrected chi connectivity index (χ3v) is 7.56. The van der Waals surface area contributed by atoms with Gasteiger partial charge in [0.25, 0.3) is 17.5 Å². The van der Waals surface area contributed by atoms with Crippen LogP contribution in [0.15, 0.2) is 42.2 Å². The van der Waals surface area contributed by atoms with Crippen LogP contribution in [0.5, 0.6) is 0 Å². The number of ether oxygens (including phenoxy) is 2. The minimum atomic E-state index is -2.95. The Morgan fingerprint density at radius 3 is 2.30 bits per heavy atom. The topological polar surface area (TPSA) is 163 Å². The first-order chi connectivity index (χ1) is 21.0. The summed E-state index contributed by atoms with van der Waals surface area (Å²) in [6.45, 7) is 2.96. The van der Waals surface area contributed by atoms with E-state index in [1.807, 2.05) is 0 Å². The van der Waals surface area contributed by atoms with Gasteiger partial charge in [-0.05, 0) is 38.1 Å². The summed E-state index contributed by atoms with van der Waals surface area (Å²) < 4.78 is 53.9. The van der Waals surface area contributed by atoms with Crippen molar-refractivity contribution in [3.63, 3.8) is 0 Å². The van der Waals surface area contributed by atoms with Gasteiger partial charge < -0.3 is 19.7 Å². The Labute approximate surface area is 247 Å². The number of nitrogens with one attached hydrogen (secondary N) is 1. The molecule has 0 bridgehead atoms. The average Bonchev–Trinajstić information content (AvgIpc) is 3.64. The Kier molecular flexibility index (Phi) is 7.92. The number of aromatic nitrogens is 4. The van der Waals surface area contributed by atoms with Gasteiger partial charge in [0.15, 0.2) is 22.7 Å². The maximum Gasteiger partial charge on any atom is 0.376 e. The number of pyridine rings is 1. The van der Waals surface area contributed by atoms with Crippen LogP contribution in [0, 0.1) is 23.0 Å². The van der Waals surface area contributed by atoms with Crippen LogP contribution in [0.2, 0.25) is 0 Å². The minimum Gasteiger partial charge on any atom is -0.460 e. The number of fused-ring (bicyclic) bond motifs is 2. The molecule has 4 heterocycles. The van der Waals surface area contributed by atoms with Gasteiger partial charge in [0, 0.05) is 23.9 Å². The lowest BCUT2D eigenvalue weighted by Crippen LogP contribution is -2.57. The molecule has 1 unspecified atom stereocenters. The molecule has 16 heteroatoms. The summed E-state index contributed by atoms with van der Waals surface area (Å²) >= 11 is 0. The maximum atomic E-state index is 15.5. The van der Waals surface area contributed by atoms with Crippen molar-refractivity contribution in [2.75, 3.05) is 25.1 Å². The number of anilines is 1. The van der Waals surface area contributed by atoms with Crippen molar-refractivity contribution in [3.05, 3.63) is 53.9 Å². The highest BCUT2D eigenvalue weighted by molar-refractivity contribution is 6.53. The number of Topliss-reactive ketones (excluding diaryl/α,β-unsaturated/α-hetero) is 2. The Morgan fingerprint density at radius 2 is 1.68 bits per heavy atom. The number of hydrogen-bond acceptors (Lipinski definition) is 11. The van der Waals surface area contributed by atoms with Crippen LogP contribution in [0.3, 0.4) is 0 Å². The molecule has 2 aliphatic heterocycles.